The number of rotatable bonds is 3. The molecule has 0 atom stereocenters. The van der Waals surface area contributed by atoms with E-state index in [9.17, 15) is 0 Å². The van der Waals surface area contributed by atoms with Crippen molar-refractivity contribution < 1.29 is 0 Å². The fraction of sp³-hybridized carbons (Fsp3) is 0.0769. The molecule has 0 aliphatic carbocycles. The zero-order valence-corrected chi connectivity index (χ0v) is 13.3. The third-order valence-corrected chi connectivity index (χ3v) is 3.44. The van der Waals surface area contributed by atoms with E-state index in [4.69, 9.17) is 11.6 Å². The van der Waals surface area contributed by atoms with Gasteiger partial charge in [0.05, 0.1) is 0 Å². The van der Waals surface area contributed by atoms with Crippen LogP contribution in [0.1, 0.15) is 5.56 Å². The van der Waals surface area contributed by atoms with E-state index in [2.05, 4.69) is 41.2 Å². The first kappa shape index (κ1) is 14.0. The average Bonchev–Trinajstić information content (AvgIpc) is 2.96. The van der Waals surface area contributed by atoms with Gasteiger partial charge in [-0.25, -0.2) is 4.98 Å². The molecule has 0 unspecified atom stereocenters. The molecule has 2 heterocycles. The third-order valence-electron chi connectivity index (χ3n) is 2.78. The summed E-state index contributed by atoms with van der Waals surface area (Å²) in [6.07, 6.45) is 4.98. The van der Waals surface area contributed by atoms with E-state index in [0.29, 0.717) is 11.9 Å². The summed E-state index contributed by atoms with van der Waals surface area (Å²) in [5.74, 6) is 0.780. The van der Waals surface area contributed by atoms with Crippen LogP contribution in [0.2, 0.25) is 5.28 Å². The van der Waals surface area contributed by atoms with Gasteiger partial charge in [0.15, 0.2) is 0 Å². The van der Waals surface area contributed by atoms with Gasteiger partial charge in [-0.05, 0) is 36.2 Å². The molecule has 1 N–H and O–H groups in total. The molecule has 3 rings (SSSR count). The zero-order valence-electron chi connectivity index (χ0n) is 11.0. The highest BCUT2D eigenvalue weighted by Gasteiger charge is 2.08. The van der Waals surface area contributed by atoms with Gasteiger partial charge in [-0.1, -0.05) is 22.0 Å². The summed E-state index contributed by atoms with van der Waals surface area (Å²) in [5.41, 5.74) is 1.96. The van der Waals surface area contributed by atoms with Crippen molar-refractivity contribution in [2.45, 2.75) is 6.92 Å². The van der Waals surface area contributed by atoms with E-state index < -0.39 is 0 Å². The minimum absolute atomic E-state index is 0.115. The van der Waals surface area contributed by atoms with Crippen LogP contribution in [0.3, 0.4) is 0 Å². The molecular formula is C13H10BrClN6. The fourth-order valence-corrected chi connectivity index (χ4v) is 2.25. The lowest BCUT2D eigenvalue weighted by molar-refractivity contribution is 0.899. The highest BCUT2D eigenvalue weighted by atomic mass is 79.9. The summed E-state index contributed by atoms with van der Waals surface area (Å²) in [6.45, 7) is 1.99. The molecule has 0 saturated heterocycles. The lowest BCUT2D eigenvalue weighted by Gasteiger charge is -2.09. The van der Waals surface area contributed by atoms with Gasteiger partial charge in [0.2, 0.25) is 17.2 Å². The molecule has 0 saturated carbocycles. The number of aryl methyl sites for hydroxylation is 1. The first-order valence-electron chi connectivity index (χ1n) is 6.05. The minimum atomic E-state index is 0.115. The number of imidazole rings is 1. The van der Waals surface area contributed by atoms with Crippen LogP contribution in [0.4, 0.5) is 11.6 Å². The largest absolute Gasteiger partial charge is 0.324 e. The number of halogens is 2. The minimum Gasteiger partial charge on any atom is -0.324 e. The topological polar surface area (TPSA) is 68.5 Å². The van der Waals surface area contributed by atoms with Crippen molar-refractivity contribution in [1.29, 1.82) is 0 Å². The molecular weight excluding hydrogens is 356 g/mol. The highest BCUT2D eigenvalue weighted by molar-refractivity contribution is 9.10. The van der Waals surface area contributed by atoms with E-state index in [-0.39, 0.29) is 5.28 Å². The molecule has 0 aliphatic heterocycles. The second-order valence-corrected chi connectivity index (χ2v) is 5.54. The fourth-order valence-electron chi connectivity index (χ4n) is 1.74. The maximum Gasteiger partial charge on any atom is 0.241 e. The van der Waals surface area contributed by atoms with Crippen LogP contribution in [-0.2, 0) is 0 Å². The molecule has 106 valence electrons. The molecule has 1 aromatic carbocycles. The monoisotopic (exact) mass is 364 g/mol. The standard InChI is InChI=1S/C13H10BrClN6/c1-8-2-3-9(14)6-10(8)17-12-18-11(15)19-13(20-12)21-5-4-16-7-21/h2-7H,1H3,(H,17,18,19,20). The summed E-state index contributed by atoms with van der Waals surface area (Å²) in [7, 11) is 0. The van der Waals surface area contributed by atoms with Gasteiger partial charge in [-0.2, -0.15) is 15.0 Å². The highest BCUT2D eigenvalue weighted by Crippen LogP contribution is 2.23. The van der Waals surface area contributed by atoms with Crippen molar-refractivity contribution in [2.75, 3.05) is 5.32 Å². The molecule has 0 spiro atoms. The SMILES string of the molecule is Cc1ccc(Br)cc1Nc1nc(Cl)nc(-n2ccnc2)n1. The van der Waals surface area contributed by atoms with Gasteiger partial charge in [-0.3, -0.25) is 4.57 Å². The van der Waals surface area contributed by atoms with Crippen LogP contribution in [0, 0.1) is 6.92 Å². The Kier molecular flexibility index (Phi) is 3.85. The van der Waals surface area contributed by atoms with Crippen LogP contribution in [0.25, 0.3) is 5.95 Å². The summed E-state index contributed by atoms with van der Waals surface area (Å²) in [5, 5.41) is 3.26. The Hall–Kier alpha value is -1.99. The van der Waals surface area contributed by atoms with Gasteiger partial charge in [0.1, 0.15) is 6.33 Å². The summed E-state index contributed by atoms with van der Waals surface area (Å²) >= 11 is 9.40. The molecule has 0 fully saturated rings. The Morgan fingerprint density at radius 3 is 2.86 bits per heavy atom. The third kappa shape index (κ3) is 3.20. The first-order chi connectivity index (χ1) is 10.1. The Bertz CT molecular complexity index is 774. The predicted molar refractivity (Wildman–Crippen MR) is 84.1 cm³/mol. The van der Waals surface area contributed by atoms with Crippen LogP contribution in [0.5, 0.6) is 0 Å². The molecule has 2 aromatic heterocycles. The zero-order chi connectivity index (χ0) is 14.8. The van der Waals surface area contributed by atoms with Crippen LogP contribution in [-0.4, -0.2) is 24.5 Å². The lowest BCUT2D eigenvalue weighted by Crippen LogP contribution is -2.06. The number of anilines is 2. The second-order valence-electron chi connectivity index (χ2n) is 4.28. The van der Waals surface area contributed by atoms with E-state index >= 15 is 0 Å². The first-order valence-corrected chi connectivity index (χ1v) is 7.22. The normalized spacial score (nSPS) is 10.6. The van der Waals surface area contributed by atoms with Crippen LogP contribution >= 0.6 is 27.5 Å². The number of benzene rings is 1. The van der Waals surface area contributed by atoms with E-state index in [0.717, 1.165) is 15.7 Å². The lowest BCUT2D eigenvalue weighted by atomic mass is 10.2. The molecule has 21 heavy (non-hydrogen) atoms. The number of nitrogens with zero attached hydrogens (tertiary/aromatic N) is 5. The van der Waals surface area contributed by atoms with Gasteiger partial charge < -0.3 is 5.32 Å². The molecule has 8 heteroatoms. The van der Waals surface area contributed by atoms with Crippen molar-refractivity contribution in [2.24, 2.45) is 0 Å². The Balaban J connectivity index is 1.97. The smallest absolute Gasteiger partial charge is 0.241 e. The quantitative estimate of drug-likeness (QED) is 0.769. The predicted octanol–water partition coefficient (Wildman–Crippen LogP) is 3.53. The second kappa shape index (κ2) is 5.79. The molecule has 0 radical (unpaired) electrons. The van der Waals surface area contributed by atoms with E-state index in [1.807, 2.05) is 25.1 Å². The summed E-state index contributed by atoms with van der Waals surface area (Å²) in [6, 6.07) is 5.91. The van der Waals surface area contributed by atoms with Gasteiger partial charge in [0.25, 0.3) is 0 Å². The van der Waals surface area contributed by atoms with Crippen molar-refractivity contribution in [3.8, 4) is 5.95 Å². The van der Waals surface area contributed by atoms with Crippen molar-refractivity contribution >= 4 is 39.2 Å². The summed E-state index contributed by atoms with van der Waals surface area (Å²) in [4.78, 5) is 16.5. The average molecular weight is 366 g/mol. The molecule has 0 bridgehead atoms. The van der Waals surface area contributed by atoms with Crippen molar-refractivity contribution in [3.05, 3.63) is 52.2 Å². The maximum absolute atomic E-state index is 5.96. The van der Waals surface area contributed by atoms with Gasteiger partial charge in [0, 0.05) is 22.6 Å². The molecule has 6 nitrogen and oxygen atoms in total. The number of nitrogens with one attached hydrogen (secondary N) is 1. The Morgan fingerprint density at radius 1 is 1.24 bits per heavy atom. The van der Waals surface area contributed by atoms with Crippen LogP contribution in [0.15, 0.2) is 41.4 Å². The Labute approximate surface area is 134 Å². The number of aromatic nitrogens is 5. The van der Waals surface area contributed by atoms with E-state index in [1.54, 1.807) is 23.3 Å². The van der Waals surface area contributed by atoms with Crippen molar-refractivity contribution in [3.63, 3.8) is 0 Å². The summed E-state index contributed by atoms with van der Waals surface area (Å²) < 4.78 is 2.62. The van der Waals surface area contributed by atoms with E-state index in [1.165, 1.54) is 0 Å². The number of hydrogen-bond acceptors (Lipinski definition) is 5. The maximum atomic E-state index is 5.96. The van der Waals surface area contributed by atoms with Gasteiger partial charge >= 0.3 is 0 Å². The molecule has 0 amide bonds. The van der Waals surface area contributed by atoms with Crippen LogP contribution < -0.4 is 5.32 Å². The van der Waals surface area contributed by atoms with Crippen molar-refractivity contribution in [1.82, 2.24) is 24.5 Å². The molecule has 3 aromatic rings. The van der Waals surface area contributed by atoms with Gasteiger partial charge in [-0.15, -0.1) is 0 Å². The molecule has 0 aliphatic rings. The number of hydrogen-bond donors (Lipinski definition) is 1. The Morgan fingerprint density at radius 2 is 2.10 bits per heavy atom.